The van der Waals surface area contributed by atoms with Crippen molar-refractivity contribution in [2.24, 2.45) is 0 Å². The van der Waals surface area contributed by atoms with Gasteiger partial charge in [-0.3, -0.25) is 4.79 Å². The molecule has 0 spiro atoms. The first-order valence-electron chi connectivity index (χ1n) is 6.45. The van der Waals surface area contributed by atoms with Gasteiger partial charge in [-0.25, -0.2) is 0 Å². The first-order chi connectivity index (χ1) is 9.46. The Kier molecular flexibility index (Phi) is 4.96. The number of para-hydroxylation sites is 1. The van der Waals surface area contributed by atoms with E-state index in [1.54, 1.807) is 0 Å². The van der Waals surface area contributed by atoms with Crippen molar-refractivity contribution in [1.82, 2.24) is 0 Å². The number of halogens is 3. The molecule has 0 aliphatic heterocycles. The van der Waals surface area contributed by atoms with Gasteiger partial charge in [0, 0.05) is 5.25 Å². The number of thioether (sulfide) groups is 1. The zero-order valence-electron chi connectivity index (χ0n) is 10.8. The number of benzene rings is 1. The molecular weight excluding hydrogens is 289 g/mol. The highest BCUT2D eigenvalue weighted by Gasteiger charge is 2.32. The Balaban J connectivity index is 2.01. The lowest BCUT2D eigenvalue weighted by atomic mass is 10.1. The normalized spacial score (nSPS) is 16.4. The minimum Gasteiger partial charge on any atom is -0.405 e. The van der Waals surface area contributed by atoms with Crippen molar-refractivity contribution in [2.75, 3.05) is 5.75 Å². The van der Waals surface area contributed by atoms with Crippen LogP contribution in [0.15, 0.2) is 24.3 Å². The molecule has 20 heavy (non-hydrogen) atoms. The first-order valence-corrected chi connectivity index (χ1v) is 7.50. The van der Waals surface area contributed by atoms with Gasteiger partial charge in [0.1, 0.15) is 5.75 Å². The molecule has 2 rings (SSSR count). The molecule has 0 saturated heterocycles. The summed E-state index contributed by atoms with van der Waals surface area (Å²) in [5.74, 6) is -0.540. The van der Waals surface area contributed by atoms with E-state index in [0.717, 1.165) is 12.8 Å². The van der Waals surface area contributed by atoms with E-state index in [0.29, 0.717) is 5.25 Å². The molecule has 1 aromatic carbocycles. The van der Waals surface area contributed by atoms with Crippen LogP contribution in [0.2, 0.25) is 0 Å². The third-order valence-corrected chi connectivity index (χ3v) is 4.54. The molecule has 1 aliphatic carbocycles. The Hall–Kier alpha value is -1.17. The molecule has 0 atom stereocenters. The molecule has 0 aromatic heterocycles. The monoisotopic (exact) mass is 304 g/mol. The van der Waals surface area contributed by atoms with Crippen LogP contribution in [0.5, 0.6) is 5.75 Å². The largest absolute Gasteiger partial charge is 0.573 e. The second-order valence-electron chi connectivity index (χ2n) is 4.68. The zero-order valence-corrected chi connectivity index (χ0v) is 11.6. The zero-order chi connectivity index (χ0) is 14.6. The van der Waals surface area contributed by atoms with Crippen LogP contribution in [0.4, 0.5) is 13.2 Å². The van der Waals surface area contributed by atoms with Gasteiger partial charge in [0.25, 0.3) is 0 Å². The van der Waals surface area contributed by atoms with Gasteiger partial charge in [-0.05, 0) is 25.0 Å². The van der Waals surface area contributed by atoms with Gasteiger partial charge in [-0.1, -0.05) is 25.0 Å². The Bertz CT molecular complexity index is 468. The average Bonchev–Trinajstić information content (AvgIpc) is 2.88. The minimum atomic E-state index is -4.78. The summed E-state index contributed by atoms with van der Waals surface area (Å²) in [5.41, 5.74) is -0.00433. The molecule has 2 nitrogen and oxygen atoms in total. The van der Waals surface area contributed by atoms with Crippen LogP contribution >= 0.6 is 11.8 Å². The summed E-state index contributed by atoms with van der Waals surface area (Å²) in [6.07, 6.45) is -0.286. The van der Waals surface area contributed by atoms with Crippen molar-refractivity contribution >= 4 is 17.5 Å². The lowest BCUT2D eigenvalue weighted by Crippen LogP contribution is -2.19. The maximum atomic E-state index is 12.3. The molecule has 1 aromatic rings. The summed E-state index contributed by atoms with van der Waals surface area (Å²) in [4.78, 5) is 12.0. The van der Waals surface area contributed by atoms with Gasteiger partial charge in [-0.15, -0.1) is 13.2 Å². The van der Waals surface area contributed by atoms with Crippen LogP contribution in [0, 0.1) is 0 Å². The van der Waals surface area contributed by atoms with E-state index >= 15 is 0 Å². The molecular formula is C14H15F3O2S. The summed E-state index contributed by atoms with van der Waals surface area (Å²) in [6, 6.07) is 5.50. The predicted molar refractivity (Wildman–Crippen MR) is 72.2 cm³/mol. The lowest BCUT2D eigenvalue weighted by Gasteiger charge is -2.13. The van der Waals surface area contributed by atoms with E-state index in [1.807, 2.05) is 0 Å². The predicted octanol–water partition coefficient (Wildman–Crippen LogP) is 4.44. The number of Topliss-reactive ketones (excluding diaryl/α,β-unsaturated/α-hetero) is 1. The standard InChI is InChI=1S/C14H15F3O2S/c15-14(16,17)19-13-8-4-3-7-11(13)12(18)9-20-10-5-1-2-6-10/h3-4,7-8,10H,1-2,5-6,9H2. The molecule has 1 aliphatic rings. The molecule has 0 radical (unpaired) electrons. The summed E-state index contributed by atoms with van der Waals surface area (Å²) < 4.78 is 40.7. The van der Waals surface area contributed by atoms with Crippen molar-refractivity contribution in [1.29, 1.82) is 0 Å². The van der Waals surface area contributed by atoms with Gasteiger partial charge in [0.2, 0.25) is 0 Å². The topological polar surface area (TPSA) is 26.3 Å². The molecule has 110 valence electrons. The number of alkyl halides is 3. The second-order valence-corrected chi connectivity index (χ2v) is 5.97. The highest BCUT2D eigenvalue weighted by atomic mass is 32.2. The summed E-state index contributed by atoms with van der Waals surface area (Å²) in [5, 5.41) is 0.453. The number of carbonyl (C=O) groups excluding carboxylic acids is 1. The maximum Gasteiger partial charge on any atom is 0.573 e. The molecule has 0 unspecified atom stereocenters. The molecule has 0 amide bonds. The van der Waals surface area contributed by atoms with Crippen molar-refractivity contribution in [3.8, 4) is 5.75 Å². The van der Waals surface area contributed by atoms with Crippen molar-refractivity contribution < 1.29 is 22.7 Å². The van der Waals surface area contributed by atoms with Crippen LogP contribution < -0.4 is 4.74 Å². The van der Waals surface area contributed by atoms with Gasteiger partial charge in [0.15, 0.2) is 5.78 Å². The molecule has 0 bridgehead atoms. The fourth-order valence-corrected chi connectivity index (χ4v) is 3.45. The van der Waals surface area contributed by atoms with Crippen molar-refractivity contribution in [3.63, 3.8) is 0 Å². The Morgan fingerprint density at radius 3 is 2.55 bits per heavy atom. The summed E-state index contributed by atoms with van der Waals surface area (Å²) in [7, 11) is 0. The fourth-order valence-electron chi connectivity index (χ4n) is 2.24. The number of ketones is 1. The Morgan fingerprint density at radius 1 is 1.25 bits per heavy atom. The molecule has 0 N–H and O–H groups in total. The number of ether oxygens (including phenoxy) is 1. The number of hydrogen-bond donors (Lipinski definition) is 0. The van der Waals surface area contributed by atoms with Crippen LogP contribution in [0.3, 0.4) is 0 Å². The molecule has 6 heteroatoms. The lowest BCUT2D eigenvalue weighted by molar-refractivity contribution is -0.274. The molecule has 1 fully saturated rings. The SMILES string of the molecule is O=C(CSC1CCCC1)c1ccccc1OC(F)(F)F. The van der Waals surface area contributed by atoms with Gasteiger partial charge < -0.3 is 4.74 Å². The number of hydrogen-bond acceptors (Lipinski definition) is 3. The van der Waals surface area contributed by atoms with E-state index in [4.69, 9.17) is 0 Å². The van der Waals surface area contributed by atoms with Gasteiger partial charge in [-0.2, -0.15) is 11.8 Å². The number of carbonyl (C=O) groups is 1. The van der Waals surface area contributed by atoms with E-state index < -0.39 is 12.1 Å². The van der Waals surface area contributed by atoms with Crippen LogP contribution in [0.1, 0.15) is 36.0 Å². The van der Waals surface area contributed by atoms with Crippen LogP contribution in [-0.4, -0.2) is 23.1 Å². The highest BCUT2D eigenvalue weighted by molar-refractivity contribution is 8.00. The third kappa shape index (κ3) is 4.44. The second kappa shape index (κ2) is 6.52. The van der Waals surface area contributed by atoms with Crippen LogP contribution in [-0.2, 0) is 0 Å². The third-order valence-electron chi connectivity index (χ3n) is 3.17. The maximum absolute atomic E-state index is 12.3. The highest BCUT2D eigenvalue weighted by Crippen LogP contribution is 2.31. The first kappa shape index (κ1) is 15.2. The van der Waals surface area contributed by atoms with E-state index in [-0.39, 0.29) is 17.1 Å². The van der Waals surface area contributed by atoms with E-state index in [2.05, 4.69) is 4.74 Å². The molecule has 0 heterocycles. The summed E-state index contributed by atoms with van der Waals surface area (Å²) in [6.45, 7) is 0. The van der Waals surface area contributed by atoms with Crippen LogP contribution in [0.25, 0.3) is 0 Å². The van der Waals surface area contributed by atoms with Gasteiger partial charge >= 0.3 is 6.36 Å². The Labute approximate surface area is 119 Å². The quantitative estimate of drug-likeness (QED) is 0.752. The molecule has 1 saturated carbocycles. The summed E-state index contributed by atoms with van der Waals surface area (Å²) >= 11 is 1.53. The van der Waals surface area contributed by atoms with E-state index in [9.17, 15) is 18.0 Å². The Morgan fingerprint density at radius 2 is 1.90 bits per heavy atom. The average molecular weight is 304 g/mol. The van der Waals surface area contributed by atoms with Crippen molar-refractivity contribution in [3.05, 3.63) is 29.8 Å². The van der Waals surface area contributed by atoms with E-state index in [1.165, 1.54) is 48.9 Å². The number of rotatable bonds is 5. The van der Waals surface area contributed by atoms with Crippen molar-refractivity contribution in [2.45, 2.75) is 37.3 Å². The minimum absolute atomic E-state index is 0.00433. The fraction of sp³-hybridized carbons (Fsp3) is 0.500. The van der Waals surface area contributed by atoms with Gasteiger partial charge in [0.05, 0.1) is 11.3 Å². The smallest absolute Gasteiger partial charge is 0.405 e.